The molecule has 1 aromatic rings. The average molecular weight is 241 g/mol. The van der Waals surface area contributed by atoms with E-state index in [2.05, 4.69) is 15.2 Å². The smallest absolute Gasteiger partial charge is 0.208 e. The Labute approximate surface area is 100 Å². The number of aromatic amines is 1. The predicted molar refractivity (Wildman–Crippen MR) is 64.6 cm³/mol. The average Bonchev–Trinajstić information content (AvgIpc) is 3.06. The molecule has 1 aliphatic rings. The van der Waals surface area contributed by atoms with Gasteiger partial charge < -0.3 is 5.11 Å². The van der Waals surface area contributed by atoms with E-state index in [9.17, 15) is 5.11 Å². The van der Waals surface area contributed by atoms with Crippen LogP contribution in [0.1, 0.15) is 51.3 Å². The highest BCUT2D eigenvalue weighted by Crippen LogP contribution is 2.38. The number of H-pyrrole nitrogens is 1. The quantitative estimate of drug-likeness (QED) is 0.750. The first-order valence-electron chi connectivity index (χ1n) is 5.94. The first-order valence-corrected chi connectivity index (χ1v) is 6.93. The third kappa shape index (κ3) is 2.77. The lowest BCUT2D eigenvalue weighted by Crippen LogP contribution is -2.29. The SMILES string of the molecule is CCC(O)(CC)CSc1n[nH]c(C2CC2)n1. The highest BCUT2D eigenvalue weighted by Gasteiger charge is 2.28. The van der Waals surface area contributed by atoms with Crippen molar-refractivity contribution in [2.45, 2.75) is 56.2 Å². The van der Waals surface area contributed by atoms with Crippen LogP contribution < -0.4 is 0 Å². The zero-order valence-electron chi connectivity index (χ0n) is 9.86. The second kappa shape index (κ2) is 4.75. The van der Waals surface area contributed by atoms with Gasteiger partial charge in [0.05, 0.1) is 5.60 Å². The molecule has 90 valence electrons. The van der Waals surface area contributed by atoms with Crippen molar-refractivity contribution in [1.82, 2.24) is 15.2 Å². The number of thioether (sulfide) groups is 1. The molecule has 0 radical (unpaired) electrons. The fraction of sp³-hybridized carbons (Fsp3) is 0.818. The second-order valence-corrected chi connectivity index (χ2v) is 5.44. The van der Waals surface area contributed by atoms with Gasteiger partial charge in [-0.1, -0.05) is 25.6 Å². The molecule has 0 unspecified atom stereocenters. The van der Waals surface area contributed by atoms with Gasteiger partial charge in [0, 0.05) is 11.7 Å². The third-order valence-corrected chi connectivity index (χ3v) is 4.35. The van der Waals surface area contributed by atoms with Crippen LogP contribution in [0.2, 0.25) is 0 Å². The van der Waals surface area contributed by atoms with E-state index < -0.39 is 5.60 Å². The minimum absolute atomic E-state index is 0.578. The van der Waals surface area contributed by atoms with Crippen LogP contribution in [0.15, 0.2) is 5.16 Å². The van der Waals surface area contributed by atoms with Crippen molar-refractivity contribution >= 4 is 11.8 Å². The summed E-state index contributed by atoms with van der Waals surface area (Å²) >= 11 is 1.54. The number of aromatic nitrogens is 3. The number of rotatable bonds is 6. The molecule has 1 aromatic heterocycles. The van der Waals surface area contributed by atoms with Crippen molar-refractivity contribution in [1.29, 1.82) is 0 Å². The first kappa shape index (κ1) is 11.9. The molecule has 0 atom stereocenters. The molecule has 0 bridgehead atoms. The van der Waals surface area contributed by atoms with E-state index in [4.69, 9.17) is 0 Å². The molecule has 0 saturated heterocycles. The lowest BCUT2D eigenvalue weighted by Gasteiger charge is -2.23. The number of hydrogen-bond donors (Lipinski definition) is 2. The fourth-order valence-electron chi connectivity index (χ4n) is 1.52. The van der Waals surface area contributed by atoms with E-state index in [0.29, 0.717) is 11.7 Å². The van der Waals surface area contributed by atoms with E-state index in [-0.39, 0.29) is 0 Å². The molecule has 2 rings (SSSR count). The van der Waals surface area contributed by atoms with Crippen molar-refractivity contribution < 1.29 is 5.11 Å². The maximum absolute atomic E-state index is 10.1. The Hall–Kier alpha value is -0.550. The van der Waals surface area contributed by atoms with Gasteiger partial charge in [-0.15, -0.1) is 5.10 Å². The lowest BCUT2D eigenvalue weighted by molar-refractivity contribution is 0.0571. The van der Waals surface area contributed by atoms with Crippen LogP contribution in [0.5, 0.6) is 0 Å². The molecule has 0 spiro atoms. The van der Waals surface area contributed by atoms with Gasteiger partial charge in [-0.2, -0.15) is 0 Å². The maximum atomic E-state index is 10.1. The summed E-state index contributed by atoms with van der Waals surface area (Å²) in [7, 11) is 0. The molecule has 5 heteroatoms. The fourth-order valence-corrected chi connectivity index (χ4v) is 2.59. The third-order valence-electron chi connectivity index (χ3n) is 3.23. The van der Waals surface area contributed by atoms with E-state index in [1.54, 1.807) is 0 Å². The summed E-state index contributed by atoms with van der Waals surface area (Å²) in [5.74, 6) is 2.29. The van der Waals surface area contributed by atoms with E-state index >= 15 is 0 Å². The lowest BCUT2D eigenvalue weighted by atomic mass is 10.0. The van der Waals surface area contributed by atoms with Gasteiger partial charge in [-0.05, 0) is 25.7 Å². The summed E-state index contributed by atoms with van der Waals surface area (Å²) < 4.78 is 0. The minimum atomic E-state index is -0.578. The largest absolute Gasteiger partial charge is 0.389 e. The summed E-state index contributed by atoms with van der Waals surface area (Å²) in [5.41, 5.74) is -0.578. The first-order chi connectivity index (χ1) is 7.67. The van der Waals surface area contributed by atoms with Gasteiger partial charge in [-0.25, -0.2) is 4.98 Å². The van der Waals surface area contributed by atoms with Crippen molar-refractivity contribution in [3.05, 3.63) is 5.82 Å². The summed E-state index contributed by atoms with van der Waals surface area (Å²) in [4.78, 5) is 4.43. The predicted octanol–water partition coefficient (Wildman–Crippen LogP) is 2.33. The molecular formula is C11H19N3OS. The maximum Gasteiger partial charge on any atom is 0.208 e. The number of nitrogens with one attached hydrogen (secondary N) is 1. The topological polar surface area (TPSA) is 61.8 Å². The van der Waals surface area contributed by atoms with Crippen LogP contribution in [-0.2, 0) is 0 Å². The zero-order valence-corrected chi connectivity index (χ0v) is 10.7. The van der Waals surface area contributed by atoms with Gasteiger partial charge in [-0.3, -0.25) is 5.10 Å². The van der Waals surface area contributed by atoms with E-state index in [0.717, 1.165) is 23.8 Å². The Balaban J connectivity index is 1.88. The van der Waals surface area contributed by atoms with Gasteiger partial charge in [0.25, 0.3) is 0 Å². The van der Waals surface area contributed by atoms with Crippen molar-refractivity contribution in [3.63, 3.8) is 0 Å². The van der Waals surface area contributed by atoms with Gasteiger partial charge in [0.15, 0.2) is 0 Å². The van der Waals surface area contributed by atoms with Crippen molar-refractivity contribution in [2.75, 3.05) is 5.75 Å². The highest BCUT2D eigenvalue weighted by atomic mass is 32.2. The second-order valence-electron chi connectivity index (χ2n) is 4.50. The Bertz CT molecular complexity index is 345. The number of nitrogens with zero attached hydrogens (tertiary/aromatic N) is 2. The molecule has 0 aromatic carbocycles. The molecule has 1 aliphatic carbocycles. The van der Waals surface area contributed by atoms with E-state index in [1.807, 2.05) is 13.8 Å². The Morgan fingerprint density at radius 2 is 2.12 bits per heavy atom. The van der Waals surface area contributed by atoms with Crippen LogP contribution in [-0.4, -0.2) is 31.6 Å². The Kier molecular flexibility index (Phi) is 3.54. The van der Waals surface area contributed by atoms with Crippen LogP contribution in [0, 0.1) is 0 Å². The summed E-state index contributed by atoms with van der Waals surface area (Å²) in [6.45, 7) is 4.02. The highest BCUT2D eigenvalue weighted by molar-refractivity contribution is 7.99. The monoisotopic (exact) mass is 241 g/mol. The standard InChI is InChI=1S/C11H19N3OS/c1-3-11(15,4-2)7-16-10-12-9(13-14-10)8-5-6-8/h8,15H,3-7H2,1-2H3,(H,12,13,14). The molecule has 1 saturated carbocycles. The number of hydrogen-bond acceptors (Lipinski definition) is 4. The van der Waals surface area contributed by atoms with Gasteiger partial charge in [0.1, 0.15) is 5.82 Å². The molecule has 0 aliphatic heterocycles. The normalized spacial score (nSPS) is 16.7. The molecule has 16 heavy (non-hydrogen) atoms. The Morgan fingerprint density at radius 1 is 1.44 bits per heavy atom. The molecule has 1 fully saturated rings. The summed E-state index contributed by atoms with van der Waals surface area (Å²) in [6.07, 6.45) is 4.01. The van der Waals surface area contributed by atoms with Crippen LogP contribution in [0.3, 0.4) is 0 Å². The summed E-state index contributed by atoms with van der Waals surface area (Å²) in [6, 6.07) is 0. The molecule has 4 nitrogen and oxygen atoms in total. The van der Waals surface area contributed by atoms with Crippen molar-refractivity contribution in [3.8, 4) is 0 Å². The van der Waals surface area contributed by atoms with Crippen molar-refractivity contribution in [2.24, 2.45) is 0 Å². The molecular weight excluding hydrogens is 222 g/mol. The van der Waals surface area contributed by atoms with Crippen LogP contribution in [0.4, 0.5) is 0 Å². The van der Waals surface area contributed by atoms with Crippen LogP contribution >= 0.6 is 11.8 Å². The Morgan fingerprint density at radius 3 is 2.69 bits per heavy atom. The van der Waals surface area contributed by atoms with Gasteiger partial charge in [0.2, 0.25) is 5.16 Å². The number of aliphatic hydroxyl groups is 1. The van der Waals surface area contributed by atoms with Gasteiger partial charge >= 0.3 is 0 Å². The molecule has 2 N–H and O–H groups in total. The zero-order chi connectivity index (χ0) is 11.6. The van der Waals surface area contributed by atoms with Crippen LogP contribution in [0.25, 0.3) is 0 Å². The van der Waals surface area contributed by atoms with E-state index in [1.165, 1.54) is 24.6 Å². The summed E-state index contributed by atoms with van der Waals surface area (Å²) in [5, 5.41) is 18.0. The molecule has 1 heterocycles. The molecule has 0 amide bonds. The minimum Gasteiger partial charge on any atom is -0.389 e.